The van der Waals surface area contributed by atoms with E-state index >= 15 is 0 Å². The van der Waals surface area contributed by atoms with Crippen LogP contribution in [-0.2, 0) is 11.3 Å². The van der Waals surface area contributed by atoms with Gasteiger partial charge in [0.2, 0.25) is 5.91 Å². The van der Waals surface area contributed by atoms with E-state index in [-0.39, 0.29) is 0 Å². The second-order valence-corrected chi connectivity index (χ2v) is 7.24. The fourth-order valence-electron chi connectivity index (χ4n) is 3.04. The van der Waals surface area contributed by atoms with Crippen LogP contribution in [0.15, 0.2) is 35.7 Å². The van der Waals surface area contributed by atoms with Crippen LogP contribution >= 0.6 is 11.3 Å². The highest BCUT2D eigenvalue weighted by Gasteiger charge is 2.34. The fraction of sp³-hybridized carbons (Fsp3) is 0.444. The van der Waals surface area contributed by atoms with Crippen LogP contribution in [0.25, 0.3) is 10.6 Å². The molecule has 0 unspecified atom stereocenters. The molecule has 0 atom stereocenters. The number of thiazole rings is 1. The number of carbonyl (C=O) groups is 1. The maximum absolute atomic E-state index is 12.1. The molecule has 0 N–H and O–H groups in total. The first-order valence-electron chi connectivity index (χ1n) is 8.30. The van der Waals surface area contributed by atoms with Crippen molar-refractivity contribution >= 4 is 17.2 Å². The monoisotopic (exact) mass is 327 g/mol. The summed E-state index contributed by atoms with van der Waals surface area (Å²) in [6.45, 7) is 4.53. The first-order valence-corrected chi connectivity index (χ1v) is 9.18. The molecular weight excluding hydrogens is 306 g/mol. The molecule has 1 amide bonds. The number of benzene rings is 1. The van der Waals surface area contributed by atoms with Crippen LogP contribution in [-0.4, -0.2) is 46.9 Å². The molecule has 2 fully saturated rings. The topological polar surface area (TPSA) is 36.4 Å². The van der Waals surface area contributed by atoms with Crippen molar-refractivity contribution in [1.82, 2.24) is 14.8 Å². The maximum Gasteiger partial charge on any atom is 0.225 e. The Balaban J connectivity index is 1.33. The fourth-order valence-corrected chi connectivity index (χ4v) is 3.85. The molecule has 1 aliphatic carbocycles. The summed E-state index contributed by atoms with van der Waals surface area (Å²) in [5, 5.41) is 3.24. The van der Waals surface area contributed by atoms with Crippen molar-refractivity contribution < 1.29 is 4.79 Å². The van der Waals surface area contributed by atoms with Crippen LogP contribution in [0.3, 0.4) is 0 Å². The zero-order chi connectivity index (χ0) is 15.6. The molecular formula is C18H21N3OS. The van der Waals surface area contributed by atoms with E-state index in [0.29, 0.717) is 11.8 Å². The lowest BCUT2D eigenvalue weighted by atomic mass is 10.2. The standard InChI is InChI=1S/C18H21N3OS/c22-18(15-6-7-15)21-10-8-20(9-11-21)12-16-13-23-17(19-16)14-4-2-1-3-5-14/h1-5,13,15H,6-12H2. The lowest BCUT2D eigenvalue weighted by molar-refractivity contribution is -0.134. The first kappa shape index (κ1) is 14.8. The molecule has 1 saturated heterocycles. The van der Waals surface area contributed by atoms with Crippen molar-refractivity contribution in [1.29, 1.82) is 0 Å². The highest BCUT2D eigenvalue weighted by Crippen LogP contribution is 2.31. The van der Waals surface area contributed by atoms with Gasteiger partial charge in [-0.2, -0.15) is 0 Å². The molecule has 0 spiro atoms. The quantitative estimate of drug-likeness (QED) is 0.866. The molecule has 4 rings (SSSR count). The Kier molecular flexibility index (Phi) is 4.14. The number of carbonyl (C=O) groups excluding carboxylic acids is 1. The van der Waals surface area contributed by atoms with Gasteiger partial charge in [-0.05, 0) is 12.8 Å². The number of nitrogens with zero attached hydrogens (tertiary/aromatic N) is 3. The van der Waals surface area contributed by atoms with Gasteiger partial charge in [0.25, 0.3) is 0 Å². The number of aromatic nitrogens is 1. The molecule has 0 radical (unpaired) electrons. The van der Waals surface area contributed by atoms with E-state index in [9.17, 15) is 4.79 Å². The second-order valence-electron chi connectivity index (χ2n) is 6.39. The molecule has 5 heteroatoms. The number of piperazine rings is 1. The van der Waals surface area contributed by atoms with E-state index in [2.05, 4.69) is 22.4 Å². The van der Waals surface area contributed by atoms with Crippen LogP contribution in [0, 0.1) is 5.92 Å². The van der Waals surface area contributed by atoms with Gasteiger partial charge in [0.05, 0.1) is 5.69 Å². The lowest BCUT2D eigenvalue weighted by Gasteiger charge is -2.34. The van der Waals surface area contributed by atoms with Gasteiger partial charge in [-0.15, -0.1) is 11.3 Å². The van der Waals surface area contributed by atoms with Gasteiger partial charge in [-0.3, -0.25) is 9.69 Å². The zero-order valence-electron chi connectivity index (χ0n) is 13.1. The van der Waals surface area contributed by atoms with Gasteiger partial charge >= 0.3 is 0 Å². The van der Waals surface area contributed by atoms with Crippen molar-refractivity contribution in [3.05, 3.63) is 41.4 Å². The first-order chi connectivity index (χ1) is 11.3. The Morgan fingerprint density at radius 2 is 1.87 bits per heavy atom. The van der Waals surface area contributed by atoms with E-state index in [1.165, 1.54) is 5.56 Å². The smallest absolute Gasteiger partial charge is 0.225 e. The summed E-state index contributed by atoms with van der Waals surface area (Å²) in [6, 6.07) is 10.3. The highest BCUT2D eigenvalue weighted by atomic mass is 32.1. The van der Waals surface area contributed by atoms with Crippen LogP contribution in [0.4, 0.5) is 0 Å². The predicted octanol–water partition coefficient (Wildman–Crippen LogP) is 2.86. The molecule has 4 nitrogen and oxygen atoms in total. The minimum absolute atomic E-state index is 0.341. The molecule has 1 aromatic carbocycles. The van der Waals surface area contributed by atoms with E-state index in [0.717, 1.165) is 56.3 Å². The third kappa shape index (κ3) is 3.46. The molecule has 0 bridgehead atoms. The van der Waals surface area contributed by atoms with E-state index in [1.54, 1.807) is 11.3 Å². The zero-order valence-corrected chi connectivity index (χ0v) is 14.0. The molecule has 1 aromatic heterocycles. The van der Waals surface area contributed by atoms with Gasteiger partial charge < -0.3 is 4.90 Å². The summed E-state index contributed by atoms with van der Waals surface area (Å²) < 4.78 is 0. The van der Waals surface area contributed by atoms with Crippen molar-refractivity contribution in [2.24, 2.45) is 5.92 Å². The van der Waals surface area contributed by atoms with Gasteiger partial charge in [0.15, 0.2) is 0 Å². The Morgan fingerprint density at radius 3 is 2.57 bits per heavy atom. The van der Waals surface area contributed by atoms with Crippen molar-refractivity contribution in [3.63, 3.8) is 0 Å². The predicted molar refractivity (Wildman–Crippen MR) is 92.1 cm³/mol. The molecule has 1 aliphatic heterocycles. The van der Waals surface area contributed by atoms with Crippen molar-refractivity contribution in [2.75, 3.05) is 26.2 Å². The van der Waals surface area contributed by atoms with Crippen molar-refractivity contribution in [3.8, 4) is 10.6 Å². The number of rotatable bonds is 4. The molecule has 2 aromatic rings. The Labute approximate surface area is 140 Å². The minimum atomic E-state index is 0.341. The SMILES string of the molecule is O=C(C1CC1)N1CCN(Cc2csc(-c3ccccc3)n2)CC1. The largest absolute Gasteiger partial charge is 0.340 e. The minimum Gasteiger partial charge on any atom is -0.340 e. The summed E-state index contributed by atoms with van der Waals surface area (Å²) in [6.07, 6.45) is 2.19. The van der Waals surface area contributed by atoms with E-state index in [1.807, 2.05) is 23.1 Å². The normalized spacial score (nSPS) is 19.0. The summed E-state index contributed by atoms with van der Waals surface area (Å²) in [7, 11) is 0. The maximum atomic E-state index is 12.1. The Morgan fingerprint density at radius 1 is 1.13 bits per heavy atom. The van der Waals surface area contributed by atoms with Crippen LogP contribution in [0.2, 0.25) is 0 Å². The molecule has 120 valence electrons. The van der Waals surface area contributed by atoms with E-state index in [4.69, 9.17) is 4.98 Å². The van der Waals surface area contributed by atoms with Crippen LogP contribution in [0.5, 0.6) is 0 Å². The molecule has 1 saturated carbocycles. The van der Waals surface area contributed by atoms with Gasteiger partial charge in [0, 0.05) is 49.6 Å². The molecule has 2 heterocycles. The lowest BCUT2D eigenvalue weighted by Crippen LogP contribution is -2.48. The average Bonchev–Trinajstić information content (AvgIpc) is 3.35. The Bertz CT molecular complexity index is 673. The Hall–Kier alpha value is -1.72. The van der Waals surface area contributed by atoms with Crippen molar-refractivity contribution in [2.45, 2.75) is 19.4 Å². The van der Waals surface area contributed by atoms with Crippen LogP contribution in [0.1, 0.15) is 18.5 Å². The molecule has 23 heavy (non-hydrogen) atoms. The van der Waals surface area contributed by atoms with Gasteiger partial charge in [-0.25, -0.2) is 4.98 Å². The van der Waals surface area contributed by atoms with Crippen LogP contribution < -0.4 is 0 Å². The van der Waals surface area contributed by atoms with Gasteiger partial charge in [-0.1, -0.05) is 30.3 Å². The average molecular weight is 327 g/mol. The third-order valence-corrected chi connectivity index (χ3v) is 5.51. The summed E-state index contributed by atoms with van der Waals surface area (Å²) in [4.78, 5) is 21.3. The number of amides is 1. The summed E-state index contributed by atoms with van der Waals surface area (Å²) in [5.41, 5.74) is 2.32. The van der Waals surface area contributed by atoms with Gasteiger partial charge in [0.1, 0.15) is 5.01 Å². The third-order valence-electron chi connectivity index (χ3n) is 4.57. The highest BCUT2D eigenvalue weighted by molar-refractivity contribution is 7.13. The summed E-state index contributed by atoms with van der Waals surface area (Å²) in [5.74, 6) is 0.721. The summed E-state index contributed by atoms with van der Waals surface area (Å²) >= 11 is 1.71. The van der Waals surface area contributed by atoms with E-state index < -0.39 is 0 Å². The second kappa shape index (κ2) is 6.42. The molecule has 2 aliphatic rings. The number of hydrogen-bond acceptors (Lipinski definition) is 4. The number of hydrogen-bond donors (Lipinski definition) is 0.